The minimum Gasteiger partial charge on any atom is -0.493 e. The van der Waals surface area contributed by atoms with Gasteiger partial charge in [-0.1, -0.05) is 15.9 Å². The number of hydrogen-bond donors (Lipinski definition) is 1. The molecule has 2 aliphatic rings. The van der Waals surface area contributed by atoms with Gasteiger partial charge >= 0.3 is 0 Å². The number of likely N-dealkylation sites (tertiary alicyclic amines) is 1. The number of halogens is 1. The predicted octanol–water partition coefficient (Wildman–Crippen LogP) is 2.43. The fourth-order valence-electron chi connectivity index (χ4n) is 3.08. The van der Waals surface area contributed by atoms with Gasteiger partial charge in [-0.25, -0.2) is 0 Å². The summed E-state index contributed by atoms with van der Waals surface area (Å²) in [6.07, 6.45) is 2.35. The molecular formula is C15H21BrN2O. The normalized spacial score (nSPS) is 22.5. The van der Waals surface area contributed by atoms with Crippen LogP contribution in [0.1, 0.15) is 17.5 Å². The van der Waals surface area contributed by atoms with E-state index in [9.17, 15) is 0 Å². The lowest BCUT2D eigenvalue weighted by molar-refractivity contribution is 0.351. The van der Waals surface area contributed by atoms with Crippen LogP contribution >= 0.6 is 15.9 Å². The van der Waals surface area contributed by atoms with Gasteiger partial charge in [0.25, 0.3) is 0 Å². The van der Waals surface area contributed by atoms with Gasteiger partial charge in [0.05, 0.1) is 6.61 Å². The summed E-state index contributed by atoms with van der Waals surface area (Å²) in [4.78, 5) is 2.41. The highest BCUT2D eigenvalue weighted by Crippen LogP contribution is 2.32. The summed E-state index contributed by atoms with van der Waals surface area (Å²) in [6.45, 7) is 5.29. The average Bonchev–Trinajstić information content (AvgIpc) is 2.98. The van der Waals surface area contributed by atoms with Crippen molar-refractivity contribution in [3.8, 4) is 5.75 Å². The Morgan fingerprint density at radius 1 is 1.47 bits per heavy atom. The lowest BCUT2D eigenvalue weighted by atomic mass is 10.1. The second kappa shape index (κ2) is 5.81. The molecule has 1 aromatic rings. The number of benzene rings is 1. The van der Waals surface area contributed by atoms with Crippen LogP contribution in [0.5, 0.6) is 5.75 Å². The Balaban J connectivity index is 1.58. The first-order valence-corrected chi connectivity index (χ1v) is 7.85. The largest absolute Gasteiger partial charge is 0.493 e. The number of fused-ring (bicyclic) bond motifs is 1. The van der Waals surface area contributed by atoms with Crippen LogP contribution in [0.2, 0.25) is 0 Å². The Morgan fingerprint density at radius 2 is 2.37 bits per heavy atom. The number of nitrogens with one attached hydrogen (secondary N) is 1. The fourth-order valence-corrected chi connectivity index (χ4v) is 3.63. The van der Waals surface area contributed by atoms with Crippen LogP contribution in [-0.2, 0) is 13.0 Å². The van der Waals surface area contributed by atoms with E-state index in [1.54, 1.807) is 0 Å². The maximum atomic E-state index is 5.76. The molecule has 0 aromatic heterocycles. The molecule has 1 atom stereocenters. The predicted molar refractivity (Wildman–Crippen MR) is 80.7 cm³/mol. The topological polar surface area (TPSA) is 24.5 Å². The second-order valence-corrected chi connectivity index (χ2v) is 6.62. The van der Waals surface area contributed by atoms with Gasteiger partial charge in [0, 0.05) is 29.5 Å². The van der Waals surface area contributed by atoms with Crippen molar-refractivity contribution in [2.24, 2.45) is 5.92 Å². The van der Waals surface area contributed by atoms with Gasteiger partial charge in [0.15, 0.2) is 0 Å². The van der Waals surface area contributed by atoms with Crippen LogP contribution in [0.3, 0.4) is 0 Å². The number of ether oxygens (including phenoxy) is 1. The Morgan fingerprint density at radius 3 is 3.16 bits per heavy atom. The third-order valence-corrected chi connectivity index (χ3v) is 4.52. The van der Waals surface area contributed by atoms with E-state index in [2.05, 4.69) is 45.3 Å². The maximum absolute atomic E-state index is 5.76. The van der Waals surface area contributed by atoms with Crippen molar-refractivity contribution >= 4 is 15.9 Å². The van der Waals surface area contributed by atoms with Crippen molar-refractivity contribution in [1.82, 2.24) is 10.2 Å². The Labute approximate surface area is 123 Å². The summed E-state index contributed by atoms with van der Waals surface area (Å²) >= 11 is 3.59. The molecule has 1 saturated heterocycles. The molecule has 0 bridgehead atoms. The lowest BCUT2D eigenvalue weighted by Crippen LogP contribution is -2.24. The van der Waals surface area contributed by atoms with E-state index < -0.39 is 0 Å². The van der Waals surface area contributed by atoms with Crippen LogP contribution in [0.25, 0.3) is 0 Å². The maximum Gasteiger partial charge on any atom is 0.127 e. The molecule has 2 aliphatic heterocycles. The third-order valence-electron chi connectivity index (χ3n) is 4.06. The van der Waals surface area contributed by atoms with E-state index in [1.165, 1.54) is 30.6 Å². The van der Waals surface area contributed by atoms with Crippen molar-refractivity contribution in [2.75, 3.05) is 33.3 Å². The summed E-state index contributed by atoms with van der Waals surface area (Å²) in [6, 6.07) is 4.36. The summed E-state index contributed by atoms with van der Waals surface area (Å²) in [5, 5.41) is 3.59. The fraction of sp³-hybridized carbons (Fsp3) is 0.600. The van der Waals surface area contributed by atoms with Crippen LogP contribution in [0, 0.1) is 5.92 Å². The molecule has 19 heavy (non-hydrogen) atoms. The van der Waals surface area contributed by atoms with Gasteiger partial charge in [-0.2, -0.15) is 0 Å². The second-order valence-electron chi connectivity index (χ2n) is 5.70. The van der Waals surface area contributed by atoms with Gasteiger partial charge in [-0.05, 0) is 50.2 Å². The zero-order chi connectivity index (χ0) is 13.2. The molecule has 1 aromatic carbocycles. The average molecular weight is 325 g/mol. The van der Waals surface area contributed by atoms with Crippen LogP contribution in [0.15, 0.2) is 16.6 Å². The monoisotopic (exact) mass is 324 g/mol. The van der Waals surface area contributed by atoms with Crippen LogP contribution < -0.4 is 10.1 Å². The van der Waals surface area contributed by atoms with Gasteiger partial charge in [0.2, 0.25) is 0 Å². The standard InChI is InChI=1S/C15H21BrN2O/c1-18-4-2-11(10-18)8-17-9-13-7-14(16)6-12-3-5-19-15(12)13/h6-7,11,17H,2-5,8-10H2,1H3. The van der Waals surface area contributed by atoms with E-state index in [1.807, 2.05) is 0 Å². The lowest BCUT2D eigenvalue weighted by Gasteiger charge is -2.13. The summed E-state index contributed by atoms with van der Waals surface area (Å²) in [5.41, 5.74) is 2.63. The zero-order valence-corrected chi connectivity index (χ0v) is 13.0. The molecule has 3 rings (SSSR count). The molecule has 0 aliphatic carbocycles. The highest BCUT2D eigenvalue weighted by Gasteiger charge is 2.20. The van der Waals surface area contributed by atoms with Gasteiger partial charge in [-0.3, -0.25) is 0 Å². The van der Waals surface area contributed by atoms with Crippen LogP contribution in [-0.4, -0.2) is 38.2 Å². The molecule has 0 spiro atoms. The highest BCUT2D eigenvalue weighted by atomic mass is 79.9. The Kier molecular flexibility index (Phi) is 4.10. The molecule has 0 amide bonds. The van der Waals surface area contributed by atoms with Crippen LogP contribution in [0.4, 0.5) is 0 Å². The number of nitrogens with zero attached hydrogens (tertiary/aromatic N) is 1. The molecule has 1 unspecified atom stereocenters. The smallest absolute Gasteiger partial charge is 0.127 e. The van der Waals surface area contributed by atoms with E-state index >= 15 is 0 Å². The van der Waals surface area contributed by atoms with Gasteiger partial charge in [0.1, 0.15) is 5.75 Å². The van der Waals surface area contributed by atoms with Gasteiger partial charge in [-0.15, -0.1) is 0 Å². The minimum atomic E-state index is 0.797. The number of rotatable bonds is 4. The minimum absolute atomic E-state index is 0.797. The molecule has 2 heterocycles. The summed E-state index contributed by atoms with van der Waals surface area (Å²) < 4.78 is 6.92. The Bertz CT molecular complexity index is 464. The van der Waals surface area contributed by atoms with E-state index in [4.69, 9.17) is 4.74 Å². The molecule has 1 fully saturated rings. The molecule has 104 valence electrons. The van der Waals surface area contributed by atoms with E-state index in [-0.39, 0.29) is 0 Å². The molecule has 3 nitrogen and oxygen atoms in total. The number of hydrogen-bond acceptors (Lipinski definition) is 3. The van der Waals surface area contributed by atoms with E-state index in [0.717, 1.165) is 42.3 Å². The molecule has 0 radical (unpaired) electrons. The van der Waals surface area contributed by atoms with Gasteiger partial charge < -0.3 is 15.0 Å². The highest BCUT2D eigenvalue weighted by molar-refractivity contribution is 9.10. The quantitative estimate of drug-likeness (QED) is 0.920. The molecular weight excluding hydrogens is 304 g/mol. The first kappa shape index (κ1) is 13.4. The van der Waals surface area contributed by atoms with Crippen molar-refractivity contribution in [1.29, 1.82) is 0 Å². The molecule has 0 saturated carbocycles. The van der Waals surface area contributed by atoms with E-state index in [0.29, 0.717) is 0 Å². The summed E-state index contributed by atoms with van der Waals surface area (Å²) in [7, 11) is 2.20. The SMILES string of the molecule is CN1CCC(CNCc2cc(Br)cc3c2OCC3)C1. The molecule has 4 heteroatoms. The van der Waals surface area contributed by atoms with Crippen molar-refractivity contribution in [3.63, 3.8) is 0 Å². The van der Waals surface area contributed by atoms with Crippen molar-refractivity contribution in [2.45, 2.75) is 19.4 Å². The van der Waals surface area contributed by atoms with Crippen molar-refractivity contribution in [3.05, 3.63) is 27.7 Å². The van der Waals surface area contributed by atoms with Crippen molar-refractivity contribution < 1.29 is 4.74 Å². The summed E-state index contributed by atoms with van der Waals surface area (Å²) in [5.74, 6) is 1.91. The Hall–Kier alpha value is -0.580. The molecule has 1 N–H and O–H groups in total. The zero-order valence-electron chi connectivity index (χ0n) is 11.4. The first-order chi connectivity index (χ1) is 9.22. The first-order valence-electron chi connectivity index (χ1n) is 7.06. The third kappa shape index (κ3) is 3.12.